The molecule has 0 unspecified atom stereocenters. The van der Waals surface area contributed by atoms with E-state index in [-0.39, 0.29) is 17.2 Å². The maximum atomic E-state index is 12.6. The van der Waals surface area contributed by atoms with Gasteiger partial charge in [-0.3, -0.25) is 14.9 Å². The number of nitro benzene ring substituents is 1. The number of esters is 1. The van der Waals surface area contributed by atoms with Gasteiger partial charge in [-0.15, -0.1) is 0 Å². The van der Waals surface area contributed by atoms with Crippen LogP contribution in [0.15, 0.2) is 53.3 Å². The second kappa shape index (κ2) is 9.47. The number of nitrogens with one attached hydrogen (secondary N) is 1. The molecule has 2 heterocycles. The number of non-ortho nitro benzene ring substituents is 1. The van der Waals surface area contributed by atoms with Gasteiger partial charge in [-0.2, -0.15) is 5.10 Å². The summed E-state index contributed by atoms with van der Waals surface area (Å²) in [6, 6.07) is 9.26. The molecule has 1 amide bonds. The summed E-state index contributed by atoms with van der Waals surface area (Å²) >= 11 is 3.17. The van der Waals surface area contributed by atoms with Gasteiger partial charge in [0.05, 0.1) is 22.5 Å². The van der Waals surface area contributed by atoms with Gasteiger partial charge in [-0.1, -0.05) is 19.9 Å². The third-order valence-corrected chi connectivity index (χ3v) is 4.87. The summed E-state index contributed by atoms with van der Waals surface area (Å²) in [5.41, 5.74) is 1.05. The molecule has 0 aliphatic rings. The minimum atomic E-state index is -0.691. The summed E-state index contributed by atoms with van der Waals surface area (Å²) in [6.45, 7) is 3.28. The smallest absolute Gasteiger partial charge is 0.342 e. The van der Waals surface area contributed by atoms with Gasteiger partial charge in [0.2, 0.25) is 0 Å². The number of nitrogens with zero attached hydrogens (tertiary/aromatic N) is 4. The van der Waals surface area contributed by atoms with Crippen LogP contribution in [0.25, 0.3) is 5.82 Å². The van der Waals surface area contributed by atoms with Gasteiger partial charge >= 0.3 is 5.97 Å². The highest BCUT2D eigenvalue weighted by atomic mass is 79.9. The van der Waals surface area contributed by atoms with Gasteiger partial charge in [-0.05, 0) is 40.0 Å². The van der Waals surface area contributed by atoms with Crippen molar-refractivity contribution in [2.75, 3.05) is 11.9 Å². The number of aromatic nitrogens is 3. The second-order valence-electron chi connectivity index (χ2n) is 6.74. The second-order valence-corrected chi connectivity index (χ2v) is 7.60. The van der Waals surface area contributed by atoms with E-state index in [9.17, 15) is 19.7 Å². The lowest BCUT2D eigenvalue weighted by atomic mass is 10.1. The fourth-order valence-electron chi connectivity index (χ4n) is 2.85. The average Bonchev–Trinajstić information content (AvgIpc) is 3.19. The van der Waals surface area contributed by atoms with Gasteiger partial charge in [-0.25, -0.2) is 14.5 Å². The predicted molar refractivity (Wildman–Crippen MR) is 115 cm³/mol. The number of halogens is 1. The van der Waals surface area contributed by atoms with Crippen LogP contribution in [0.2, 0.25) is 0 Å². The highest BCUT2D eigenvalue weighted by Crippen LogP contribution is 2.27. The Balaban J connectivity index is 1.69. The van der Waals surface area contributed by atoms with E-state index in [0.29, 0.717) is 21.7 Å². The van der Waals surface area contributed by atoms with Crippen LogP contribution < -0.4 is 5.32 Å². The first kappa shape index (κ1) is 22.1. The molecule has 1 N–H and O–H groups in total. The van der Waals surface area contributed by atoms with Crippen LogP contribution in [-0.2, 0) is 9.53 Å². The molecule has 10 nitrogen and oxygen atoms in total. The molecule has 11 heteroatoms. The van der Waals surface area contributed by atoms with Crippen LogP contribution >= 0.6 is 15.9 Å². The molecule has 0 radical (unpaired) electrons. The monoisotopic (exact) mass is 487 g/mol. The molecule has 0 aliphatic heterocycles. The van der Waals surface area contributed by atoms with E-state index in [2.05, 4.69) is 31.3 Å². The van der Waals surface area contributed by atoms with Crippen molar-refractivity contribution in [1.82, 2.24) is 14.8 Å². The van der Waals surface area contributed by atoms with Gasteiger partial charge < -0.3 is 10.1 Å². The topological polar surface area (TPSA) is 129 Å². The van der Waals surface area contributed by atoms with E-state index in [1.807, 2.05) is 19.9 Å². The Labute approximate surface area is 185 Å². The summed E-state index contributed by atoms with van der Waals surface area (Å²) in [5.74, 6) is -0.780. The third-order valence-electron chi connectivity index (χ3n) is 4.21. The fourth-order valence-corrected chi connectivity index (χ4v) is 3.31. The molecule has 0 spiro atoms. The van der Waals surface area contributed by atoms with Crippen LogP contribution in [0.3, 0.4) is 0 Å². The SMILES string of the molecule is CC(C)c1c(C(=O)OCC(=O)Nc2ccc([N+](=O)[O-])cc2Br)cnn1-c1ccccn1. The first-order valence-electron chi connectivity index (χ1n) is 9.18. The van der Waals surface area contributed by atoms with Crippen molar-refractivity contribution in [3.05, 3.63) is 74.6 Å². The van der Waals surface area contributed by atoms with E-state index < -0.39 is 23.4 Å². The zero-order valence-corrected chi connectivity index (χ0v) is 18.2. The number of amides is 1. The van der Waals surface area contributed by atoms with Gasteiger partial charge in [0, 0.05) is 22.8 Å². The maximum Gasteiger partial charge on any atom is 0.342 e. The van der Waals surface area contributed by atoms with Gasteiger partial charge in [0.1, 0.15) is 5.56 Å². The predicted octanol–water partition coefficient (Wildman–Crippen LogP) is 3.86. The van der Waals surface area contributed by atoms with Crippen LogP contribution in [0, 0.1) is 10.1 Å². The summed E-state index contributed by atoms with van der Waals surface area (Å²) < 4.78 is 7.05. The van der Waals surface area contributed by atoms with Crippen molar-refractivity contribution >= 4 is 39.2 Å². The lowest BCUT2D eigenvalue weighted by Gasteiger charge is -2.12. The molecule has 2 aromatic heterocycles. The molecule has 31 heavy (non-hydrogen) atoms. The minimum Gasteiger partial charge on any atom is -0.452 e. The lowest BCUT2D eigenvalue weighted by Crippen LogP contribution is -2.21. The molecule has 0 saturated heterocycles. The molecule has 0 aliphatic carbocycles. The number of anilines is 1. The van der Waals surface area contributed by atoms with E-state index in [1.54, 1.807) is 23.0 Å². The van der Waals surface area contributed by atoms with Crippen molar-refractivity contribution in [3.8, 4) is 5.82 Å². The summed E-state index contributed by atoms with van der Waals surface area (Å²) in [7, 11) is 0. The molecule has 1 aromatic carbocycles. The van der Waals surface area contributed by atoms with E-state index in [4.69, 9.17) is 4.74 Å². The molecule has 0 atom stereocenters. The minimum absolute atomic E-state index is 0.0584. The highest BCUT2D eigenvalue weighted by molar-refractivity contribution is 9.10. The number of ether oxygens (including phenoxy) is 1. The molecule has 3 rings (SSSR count). The molecule has 0 saturated carbocycles. The number of hydrogen-bond acceptors (Lipinski definition) is 7. The lowest BCUT2D eigenvalue weighted by molar-refractivity contribution is -0.384. The first-order chi connectivity index (χ1) is 14.8. The maximum absolute atomic E-state index is 12.6. The summed E-state index contributed by atoms with van der Waals surface area (Å²) in [6.07, 6.45) is 3.01. The number of rotatable bonds is 7. The number of pyridine rings is 1. The molecule has 160 valence electrons. The van der Waals surface area contributed by atoms with Crippen LogP contribution in [0.5, 0.6) is 0 Å². The zero-order valence-electron chi connectivity index (χ0n) is 16.6. The van der Waals surface area contributed by atoms with Gasteiger partial charge in [0.25, 0.3) is 11.6 Å². The van der Waals surface area contributed by atoms with Crippen LogP contribution in [0.4, 0.5) is 11.4 Å². The van der Waals surface area contributed by atoms with Crippen molar-refractivity contribution in [2.45, 2.75) is 19.8 Å². The molecule has 3 aromatic rings. The largest absolute Gasteiger partial charge is 0.452 e. The Morgan fingerprint density at radius 1 is 1.29 bits per heavy atom. The summed E-state index contributed by atoms with van der Waals surface area (Å²) in [4.78, 5) is 39.3. The molecular formula is C20H18BrN5O5. The fraction of sp³-hybridized carbons (Fsp3) is 0.200. The number of carbonyl (C=O) groups is 2. The van der Waals surface area contributed by atoms with Crippen LogP contribution in [-0.4, -0.2) is 38.2 Å². The molecule has 0 bridgehead atoms. The van der Waals surface area contributed by atoms with Crippen molar-refractivity contribution in [1.29, 1.82) is 0 Å². The normalized spacial score (nSPS) is 10.7. The van der Waals surface area contributed by atoms with Crippen LogP contribution in [0.1, 0.15) is 35.8 Å². The molecule has 0 fully saturated rings. The Morgan fingerprint density at radius 3 is 2.68 bits per heavy atom. The van der Waals surface area contributed by atoms with E-state index in [0.717, 1.165) is 0 Å². The Hall–Kier alpha value is -3.60. The Kier molecular flexibility index (Phi) is 6.75. The number of nitro groups is 1. The van der Waals surface area contributed by atoms with Crippen molar-refractivity contribution < 1.29 is 19.2 Å². The number of benzene rings is 1. The van der Waals surface area contributed by atoms with Gasteiger partial charge in [0.15, 0.2) is 12.4 Å². The number of carbonyl (C=O) groups excluding carboxylic acids is 2. The van der Waals surface area contributed by atoms with E-state index >= 15 is 0 Å². The zero-order chi connectivity index (χ0) is 22.5. The van der Waals surface area contributed by atoms with E-state index in [1.165, 1.54) is 24.4 Å². The highest BCUT2D eigenvalue weighted by Gasteiger charge is 2.23. The standard InChI is InChI=1S/C20H18BrN5O5/c1-12(2)19-14(10-23-25(19)17-5-3-4-8-22-17)20(28)31-11-18(27)24-16-7-6-13(26(29)30)9-15(16)21/h3-10,12H,11H2,1-2H3,(H,24,27). The quantitative estimate of drug-likeness (QED) is 0.304. The third kappa shape index (κ3) is 5.12. The average molecular weight is 488 g/mol. The van der Waals surface area contributed by atoms with Crippen molar-refractivity contribution in [2.24, 2.45) is 0 Å². The van der Waals surface area contributed by atoms with Crippen molar-refractivity contribution in [3.63, 3.8) is 0 Å². The Bertz CT molecular complexity index is 1130. The summed E-state index contributed by atoms with van der Waals surface area (Å²) in [5, 5.41) is 17.6. The first-order valence-corrected chi connectivity index (χ1v) is 9.97. The Morgan fingerprint density at radius 2 is 2.06 bits per heavy atom. The number of hydrogen-bond donors (Lipinski definition) is 1. The molecular weight excluding hydrogens is 470 g/mol.